The standard InChI is InChI=1S/C23H26N4O4/c1-13-18(22(28)26(2)3)19(14-11-12-17(29-4)21(31-6)20(14)30-5)27-16-10-8-7-9-15(16)25-23(27)24-13/h7-12,19H,1-6H3,(H,24,25)/t19-/m1/s1. The number of nitrogens with zero attached hydrogens (tertiary/aromatic N) is 3. The average Bonchev–Trinajstić information content (AvgIpc) is 3.14. The van der Waals surface area contributed by atoms with E-state index in [2.05, 4.69) is 5.32 Å². The lowest BCUT2D eigenvalue weighted by Crippen LogP contribution is -2.34. The molecule has 0 radical (unpaired) electrons. The van der Waals surface area contributed by atoms with Crippen LogP contribution in [0.15, 0.2) is 47.7 Å². The molecule has 2 heterocycles. The summed E-state index contributed by atoms with van der Waals surface area (Å²) >= 11 is 0. The van der Waals surface area contributed by atoms with Gasteiger partial charge in [-0.25, -0.2) is 4.98 Å². The fourth-order valence-electron chi connectivity index (χ4n) is 4.12. The number of carbonyl (C=O) groups is 1. The number of anilines is 1. The summed E-state index contributed by atoms with van der Waals surface area (Å²) in [5.41, 5.74) is 3.86. The van der Waals surface area contributed by atoms with Crippen molar-refractivity contribution in [2.45, 2.75) is 13.0 Å². The first-order chi connectivity index (χ1) is 14.9. The van der Waals surface area contributed by atoms with Crippen LogP contribution >= 0.6 is 0 Å². The van der Waals surface area contributed by atoms with Gasteiger partial charge in [0.2, 0.25) is 11.7 Å². The molecule has 1 N–H and O–H groups in total. The monoisotopic (exact) mass is 422 g/mol. The topological polar surface area (TPSA) is 77.9 Å². The number of carbonyl (C=O) groups excluding carboxylic acids is 1. The van der Waals surface area contributed by atoms with Gasteiger partial charge in [-0.05, 0) is 31.2 Å². The smallest absolute Gasteiger partial charge is 0.253 e. The van der Waals surface area contributed by atoms with Gasteiger partial charge < -0.3 is 24.4 Å². The number of imidazole rings is 1. The van der Waals surface area contributed by atoms with Crippen molar-refractivity contribution in [1.29, 1.82) is 0 Å². The summed E-state index contributed by atoms with van der Waals surface area (Å²) in [5.74, 6) is 2.09. The van der Waals surface area contributed by atoms with Gasteiger partial charge in [0, 0.05) is 25.4 Å². The Kier molecular flexibility index (Phi) is 5.22. The van der Waals surface area contributed by atoms with E-state index in [0.29, 0.717) is 28.8 Å². The van der Waals surface area contributed by atoms with Crippen LogP contribution < -0.4 is 19.5 Å². The number of hydrogen-bond acceptors (Lipinski definition) is 6. The molecule has 0 saturated carbocycles. The second kappa shape index (κ2) is 7.86. The Labute approximate surface area is 181 Å². The second-order valence-electron chi connectivity index (χ2n) is 7.48. The zero-order valence-electron chi connectivity index (χ0n) is 18.5. The molecule has 8 nitrogen and oxygen atoms in total. The van der Waals surface area contributed by atoms with Crippen LogP contribution in [0.25, 0.3) is 11.0 Å². The van der Waals surface area contributed by atoms with E-state index in [0.717, 1.165) is 22.3 Å². The van der Waals surface area contributed by atoms with E-state index in [9.17, 15) is 4.79 Å². The minimum Gasteiger partial charge on any atom is -0.493 e. The lowest BCUT2D eigenvalue weighted by molar-refractivity contribution is -0.125. The highest BCUT2D eigenvalue weighted by Gasteiger charge is 2.37. The molecule has 1 aliphatic heterocycles. The van der Waals surface area contributed by atoms with Gasteiger partial charge in [-0.1, -0.05) is 12.1 Å². The molecule has 0 unspecified atom stereocenters. The molecule has 3 aromatic rings. The van der Waals surface area contributed by atoms with Crippen molar-refractivity contribution in [2.75, 3.05) is 40.7 Å². The highest BCUT2D eigenvalue weighted by molar-refractivity contribution is 5.97. The number of methoxy groups -OCH3 is 3. The van der Waals surface area contributed by atoms with Gasteiger partial charge in [-0.15, -0.1) is 0 Å². The number of fused-ring (bicyclic) bond motifs is 3. The van der Waals surface area contributed by atoms with Gasteiger partial charge in [0.15, 0.2) is 11.5 Å². The molecular weight excluding hydrogens is 396 g/mol. The quantitative estimate of drug-likeness (QED) is 0.679. The number of benzene rings is 2. The second-order valence-corrected chi connectivity index (χ2v) is 7.48. The molecule has 0 aliphatic carbocycles. The van der Waals surface area contributed by atoms with Crippen LogP contribution in [0, 0.1) is 0 Å². The number of para-hydroxylation sites is 2. The molecule has 1 aromatic heterocycles. The first-order valence-electron chi connectivity index (χ1n) is 9.88. The van der Waals surface area contributed by atoms with E-state index in [-0.39, 0.29) is 5.91 Å². The van der Waals surface area contributed by atoms with Crippen LogP contribution in [-0.2, 0) is 4.79 Å². The number of allylic oxidation sites excluding steroid dienone is 1. The van der Waals surface area contributed by atoms with E-state index in [1.807, 2.05) is 47.9 Å². The normalized spacial score (nSPS) is 15.4. The van der Waals surface area contributed by atoms with Crippen molar-refractivity contribution < 1.29 is 19.0 Å². The summed E-state index contributed by atoms with van der Waals surface area (Å²) in [6.45, 7) is 1.89. The molecule has 4 rings (SSSR count). The third kappa shape index (κ3) is 3.15. The zero-order valence-corrected chi connectivity index (χ0v) is 18.5. The number of rotatable bonds is 5. The van der Waals surface area contributed by atoms with E-state index >= 15 is 0 Å². The minimum absolute atomic E-state index is 0.102. The molecule has 162 valence electrons. The largest absolute Gasteiger partial charge is 0.493 e. The summed E-state index contributed by atoms with van der Waals surface area (Å²) < 4.78 is 18.9. The molecule has 0 saturated heterocycles. The zero-order chi connectivity index (χ0) is 22.3. The number of likely N-dealkylation sites (N-methyl/N-ethyl adjacent to an activating group) is 1. The maximum atomic E-state index is 13.3. The van der Waals surface area contributed by atoms with Crippen LogP contribution in [0.5, 0.6) is 17.2 Å². The molecule has 8 heteroatoms. The molecular formula is C23H26N4O4. The summed E-state index contributed by atoms with van der Waals surface area (Å²) in [7, 11) is 8.21. The van der Waals surface area contributed by atoms with Gasteiger partial charge >= 0.3 is 0 Å². The predicted octanol–water partition coefficient (Wildman–Crippen LogP) is 3.44. The van der Waals surface area contributed by atoms with Gasteiger partial charge in [0.1, 0.15) is 0 Å². The van der Waals surface area contributed by atoms with Crippen molar-refractivity contribution >= 4 is 22.9 Å². The molecule has 0 fully saturated rings. The van der Waals surface area contributed by atoms with Gasteiger partial charge in [0.05, 0.1) is 44.0 Å². The summed E-state index contributed by atoms with van der Waals surface area (Å²) in [6.07, 6.45) is 0. The van der Waals surface area contributed by atoms with Crippen molar-refractivity contribution in [1.82, 2.24) is 14.5 Å². The Balaban J connectivity index is 2.07. The highest BCUT2D eigenvalue weighted by Crippen LogP contribution is 2.48. The van der Waals surface area contributed by atoms with Crippen LogP contribution in [0.3, 0.4) is 0 Å². The van der Waals surface area contributed by atoms with E-state index in [1.54, 1.807) is 40.3 Å². The Morgan fingerprint density at radius 1 is 1.03 bits per heavy atom. The average molecular weight is 422 g/mol. The summed E-state index contributed by atoms with van der Waals surface area (Å²) in [6, 6.07) is 11.1. The maximum Gasteiger partial charge on any atom is 0.253 e. The Morgan fingerprint density at radius 2 is 1.74 bits per heavy atom. The predicted molar refractivity (Wildman–Crippen MR) is 119 cm³/mol. The molecule has 1 amide bonds. The lowest BCUT2D eigenvalue weighted by atomic mass is 9.92. The molecule has 2 aromatic carbocycles. The molecule has 31 heavy (non-hydrogen) atoms. The van der Waals surface area contributed by atoms with Crippen molar-refractivity contribution in [2.24, 2.45) is 0 Å². The molecule has 1 atom stereocenters. The number of amides is 1. The van der Waals surface area contributed by atoms with Crippen molar-refractivity contribution in [3.05, 3.63) is 53.2 Å². The third-order valence-corrected chi connectivity index (χ3v) is 5.50. The number of hydrogen-bond donors (Lipinski definition) is 1. The van der Waals surface area contributed by atoms with E-state index in [4.69, 9.17) is 19.2 Å². The highest BCUT2D eigenvalue weighted by atomic mass is 16.5. The van der Waals surface area contributed by atoms with E-state index < -0.39 is 6.04 Å². The Morgan fingerprint density at radius 3 is 2.39 bits per heavy atom. The van der Waals surface area contributed by atoms with Crippen LogP contribution in [0.1, 0.15) is 18.5 Å². The SMILES string of the molecule is COc1ccc([C@@H]2C(C(=O)N(C)C)=C(C)Nc3nc4ccccc4n32)c(OC)c1OC. The number of ether oxygens (including phenoxy) is 3. The first kappa shape index (κ1) is 20.6. The summed E-state index contributed by atoms with van der Waals surface area (Å²) in [4.78, 5) is 19.7. The van der Waals surface area contributed by atoms with Gasteiger partial charge in [0.25, 0.3) is 5.91 Å². The van der Waals surface area contributed by atoms with Gasteiger partial charge in [-0.2, -0.15) is 0 Å². The van der Waals surface area contributed by atoms with Crippen molar-refractivity contribution in [3.8, 4) is 17.2 Å². The van der Waals surface area contributed by atoms with Crippen LogP contribution in [-0.4, -0.2) is 55.8 Å². The fraction of sp³-hybridized carbons (Fsp3) is 0.304. The molecule has 1 aliphatic rings. The Hall–Kier alpha value is -3.68. The van der Waals surface area contributed by atoms with Crippen LogP contribution in [0.2, 0.25) is 0 Å². The van der Waals surface area contributed by atoms with Crippen molar-refractivity contribution in [3.63, 3.8) is 0 Å². The molecule has 0 bridgehead atoms. The number of aromatic nitrogens is 2. The lowest BCUT2D eigenvalue weighted by Gasteiger charge is -2.33. The maximum absolute atomic E-state index is 13.3. The number of nitrogens with one attached hydrogen (secondary N) is 1. The van der Waals surface area contributed by atoms with E-state index in [1.165, 1.54) is 0 Å². The first-order valence-corrected chi connectivity index (χ1v) is 9.88. The Bertz CT molecular complexity index is 1200. The van der Waals surface area contributed by atoms with Gasteiger partial charge in [-0.3, -0.25) is 9.36 Å². The summed E-state index contributed by atoms with van der Waals surface area (Å²) in [5, 5.41) is 3.31. The fourth-order valence-corrected chi connectivity index (χ4v) is 4.12. The third-order valence-electron chi connectivity index (χ3n) is 5.50. The molecule has 0 spiro atoms. The minimum atomic E-state index is -0.478. The van der Waals surface area contributed by atoms with Crippen LogP contribution in [0.4, 0.5) is 5.95 Å².